The van der Waals surface area contributed by atoms with E-state index in [2.05, 4.69) is 0 Å². The van der Waals surface area contributed by atoms with Gasteiger partial charge in [0, 0.05) is 24.3 Å². The minimum Gasteiger partial charge on any atom is -0.394 e. The van der Waals surface area contributed by atoms with E-state index in [-0.39, 0.29) is 30.2 Å². The molecule has 1 N–H and O–H groups in total. The van der Waals surface area contributed by atoms with E-state index in [0.717, 1.165) is 5.69 Å². The fourth-order valence-electron chi connectivity index (χ4n) is 6.73. The standard InChI is InChI=1S/C30H39N3O5/c1-19(2)17-21(18-34)33-25-28(37)32(29(3,4)5)16-10-14-30(25)24(27(33)36)23-22(38-30)13-9-15-31(26(23)35)20-11-7-6-8-12-20/h6-14,19,21-25,34H,15-18H2,1-5H3/t21-,22+,23-,24+,25?,30+/m1/s1. The summed E-state index contributed by atoms with van der Waals surface area (Å²) in [7, 11) is 0. The second-order valence-corrected chi connectivity index (χ2v) is 12.3. The van der Waals surface area contributed by atoms with Gasteiger partial charge in [0.25, 0.3) is 0 Å². The highest BCUT2D eigenvalue weighted by Gasteiger charge is 2.72. The van der Waals surface area contributed by atoms with Gasteiger partial charge >= 0.3 is 0 Å². The summed E-state index contributed by atoms with van der Waals surface area (Å²) in [5, 5.41) is 10.4. The number of rotatable bonds is 5. The van der Waals surface area contributed by atoms with E-state index < -0.39 is 41.2 Å². The average molecular weight is 522 g/mol. The maximum absolute atomic E-state index is 14.4. The van der Waals surface area contributed by atoms with Gasteiger partial charge in [0.05, 0.1) is 30.6 Å². The number of anilines is 1. The lowest BCUT2D eigenvalue weighted by Crippen LogP contribution is -2.60. The zero-order chi connectivity index (χ0) is 27.4. The largest absolute Gasteiger partial charge is 0.394 e. The summed E-state index contributed by atoms with van der Waals surface area (Å²) < 4.78 is 6.71. The minimum absolute atomic E-state index is 0.191. The van der Waals surface area contributed by atoms with Gasteiger partial charge in [0.15, 0.2) is 0 Å². The van der Waals surface area contributed by atoms with Crippen LogP contribution in [0.5, 0.6) is 0 Å². The second-order valence-electron chi connectivity index (χ2n) is 12.3. The summed E-state index contributed by atoms with van der Waals surface area (Å²) in [4.78, 5) is 48.0. The molecule has 6 atom stereocenters. The Hall–Kier alpha value is -2.97. The van der Waals surface area contributed by atoms with Gasteiger partial charge in [0.1, 0.15) is 11.6 Å². The zero-order valence-corrected chi connectivity index (χ0v) is 22.9. The first-order valence-corrected chi connectivity index (χ1v) is 13.6. The summed E-state index contributed by atoms with van der Waals surface area (Å²) in [6.07, 6.45) is 7.44. The number of aliphatic hydroxyl groups is 1. The number of likely N-dealkylation sites (tertiary alicyclic amines) is 1. The van der Waals surface area contributed by atoms with Gasteiger partial charge in [-0.1, -0.05) is 56.4 Å². The number of aliphatic hydroxyl groups excluding tert-OH is 1. The van der Waals surface area contributed by atoms with Crippen LogP contribution in [0, 0.1) is 17.8 Å². The Kier molecular flexibility index (Phi) is 6.76. The number of hydrogen-bond acceptors (Lipinski definition) is 5. The van der Waals surface area contributed by atoms with Gasteiger partial charge in [0.2, 0.25) is 17.7 Å². The van der Waals surface area contributed by atoms with Crippen molar-refractivity contribution in [2.24, 2.45) is 17.8 Å². The number of benzene rings is 1. The first-order chi connectivity index (χ1) is 18.0. The highest BCUT2D eigenvalue weighted by atomic mass is 16.5. The molecule has 4 aliphatic rings. The van der Waals surface area contributed by atoms with Gasteiger partial charge in [-0.05, 0) is 45.2 Å². The molecule has 2 saturated heterocycles. The zero-order valence-electron chi connectivity index (χ0n) is 22.9. The summed E-state index contributed by atoms with van der Waals surface area (Å²) in [5.74, 6) is -2.17. The van der Waals surface area contributed by atoms with Crippen molar-refractivity contribution in [3.63, 3.8) is 0 Å². The van der Waals surface area contributed by atoms with E-state index in [9.17, 15) is 19.5 Å². The molecule has 5 rings (SSSR count). The summed E-state index contributed by atoms with van der Waals surface area (Å²) >= 11 is 0. The number of hydrogen-bond donors (Lipinski definition) is 1. The van der Waals surface area contributed by atoms with Crippen molar-refractivity contribution in [1.29, 1.82) is 0 Å². The van der Waals surface area contributed by atoms with Crippen molar-refractivity contribution in [3.8, 4) is 0 Å². The molecular formula is C30H39N3O5. The molecule has 3 amide bonds. The van der Waals surface area contributed by atoms with E-state index in [1.54, 1.807) is 14.7 Å². The lowest BCUT2D eigenvalue weighted by atomic mass is 9.77. The van der Waals surface area contributed by atoms with Crippen LogP contribution in [-0.2, 0) is 19.1 Å². The fourth-order valence-corrected chi connectivity index (χ4v) is 6.73. The normalized spacial score (nSPS) is 31.9. The Bertz CT molecular complexity index is 1160. The molecule has 1 aromatic carbocycles. The van der Waals surface area contributed by atoms with Crippen molar-refractivity contribution in [2.45, 2.75) is 70.4 Å². The summed E-state index contributed by atoms with van der Waals surface area (Å²) in [6, 6.07) is 7.89. The van der Waals surface area contributed by atoms with Gasteiger partial charge in [-0.2, -0.15) is 0 Å². The summed E-state index contributed by atoms with van der Waals surface area (Å²) in [5.41, 5.74) is -1.04. The number of ether oxygens (including phenoxy) is 1. The first kappa shape index (κ1) is 26.6. The number of para-hydroxylation sites is 1. The second kappa shape index (κ2) is 9.65. The third-order valence-corrected chi connectivity index (χ3v) is 8.32. The van der Waals surface area contributed by atoms with Gasteiger partial charge in [-0.15, -0.1) is 0 Å². The molecule has 4 aliphatic heterocycles. The SMILES string of the molecule is CC(C)C[C@H](CO)N1C(=O)[C@@H]2[C@@H]3C(=O)N(c4ccccc4)CC=C[C@@H]3O[C@@]23C=CCN(C(C)(C)C)C(=O)C13. The third-order valence-electron chi connectivity index (χ3n) is 8.32. The van der Waals surface area contributed by atoms with Crippen molar-refractivity contribution >= 4 is 23.4 Å². The predicted molar refractivity (Wildman–Crippen MR) is 144 cm³/mol. The molecule has 1 unspecified atom stereocenters. The van der Waals surface area contributed by atoms with Crippen molar-refractivity contribution < 1.29 is 24.2 Å². The predicted octanol–water partition coefficient (Wildman–Crippen LogP) is 2.77. The monoisotopic (exact) mass is 521 g/mol. The van der Waals surface area contributed by atoms with E-state index in [4.69, 9.17) is 4.74 Å². The van der Waals surface area contributed by atoms with E-state index in [1.807, 2.05) is 89.3 Å². The molecule has 0 bridgehead atoms. The number of nitrogens with zero attached hydrogens (tertiary/aromatic N) is 3. The molecule has 8 heteroatoms. The Morgan fingerprint density at radius 2 is 1.74 bits per heavy atom. The fraction of sp³-hybridized carbons (Fsp3) is 0.567. The maximum Gasteiger partial charge on any atom is 0.249 e. The summed E-state index contributed by atoms with van der Waals surface area (Å²) in [6.45, 7) is 10.4. The number of amides is 3. The third kappa shape index (κ3) is 4.09. The Morgan fingerprint density at radius 3 is 2.37 bits per heavy atom. The van der Waals surface area contributed by atoms with Crippen LogP contribution < -0.4 is 4.90 Å². The Balaban J connectivity index is 1.64. The van der Waals surface area contributed by atoms with Crippen LogP contribution >= 0.6 is 0 Å². The quantitative estimate of drug-likeness (QED) is 0.602. The molecule has 2 fully saturated rings. The molecule has 4 heterocycles. The lowest BCUT2D eigenvalue weighted by molar-refractivity contribution is -0.153. The Morgan fingerprint density at radius 1 is 1.03 bits per heavy atom. The number of carbonyl (C=O) groups excluding carboxylic acids is 3. The van der Waals surface area contributed by atoms with Gasteiger partial charge in [-0.25, -0.2) is 0 Å². The molecule has 38 heavy (non-hydrogen) atoms. The average Bonchev–Trinajstić information content (AvgIpc) is 3.17. The van der Waals surface area contributed by atoms with Gasteiger partial charge in [-0.3, -0.25) is 14.4 Å². The lowest BCUT2D eigenvalue weighted by Gasteiger charge is -2.42. The Labute approximate surface area is 224 Å². The number of fused-ring (bicyclic) bond motifs is 2. The molecular weight excluding hydrogens is 482 g/mol. The molecule has 0 aliphatic carbocycles. The van der Waals surface area contributed by atoms with Crippen molar-refractivity contribution in [1.82, 2.24) is 9.80 Å². The van der Waals surface area contributed by atoms with Crippen molar-refractivity contribution in [2.75, 3.05) is 24.6 Å². The molecule has 0 aromatic heterocycles. The molecule has 8 nitrogen and oxygen atoms in total. The van der Waals surface area contributed by atoms with Crippen molar-refractivity contribution in [3.05, 3.63) is 54.6 Å². The molecule has 204 valence electrons. The molecule has 0 radical (unpaired) electrons. The van der Waals surface area contributed by atoms with Crippen LogP contribution in [0.4, 0.5) is 5.69 Å². The van der Waals surface area contributed by atoms with Crippen LogP contribution in [0.1, 0.15) is 41.0 Å². The van der Waals surface area contributed by atoms with Crippen LogP contribution in [0.2, 0.25) is 0 Å². The van der Waals surface area contributed by atoms with Gasteiger partial charge < -0.3 is 24.5 Å². The molecule has 1 spiro atoms. The maximum atomic E-state index is 14.4. The van der Waals surface area contributed by atoms with Crippen LogP contribution in [0.15, 0.2) is 54.6 Å². The smallest absolute Gasteiger partial charge is 0.249 e. The highest BCUT2D eigenvalue weighted by molar-refractivity contribution is 6.04. The molecule has 0 saturated carbocycles. The van der Waals surface area contributed by atoms with E-state index in [1.165, 1.54) is 0 Å². The minimum atomic E-state index is -1.30. The first-order valence-electron chi connectivity index (χ1n) is 13.6. The highest BCUT2D eigenvalue weighted by Crippen LogP contribution is 2.54. The van der Waals surface area contributed by atoms with E-state index >= 15 is 0 Å². The van der Waals surface area contributed by atoms with E-state index in [0.29, 0.717) is 19.5 Å². The topological polar surface area (TPSA) is 90.4 Å². The van der Waals surface area contributed by atoms with Crippen LogP contribution in [-0.4, -0.2) is 81.7 Å². The van der Waals surface area contributed by atoms with Crippen LogP contribution in [0.3, 0.4) is 0 Å². The molecule has 1 aromatic rings. The van der Waals surface area contributed by atoms with Crippen LogP contribution in [0.25, 0.3) is 0 Å². The number of carbonyl (C=O) groups is 3.